The maximum atomic E-state index is 12.0. The quantitative estimate of drug-likeness (QED) is 0.502. The van der Waals surface area contributed by atoms with E-state index in [-0.39, 0.29) is 18.9 Å². The van der Waals surface area contributed by atoms with Gasteiger partial charge in [0.15, 0.2) is 6.79 Å². The molecule has 1 fully saturated rings. The Balaban J connectivity index is 1.66. The van der Waals surface area contributed by atoms with E-state index in [1.165, 1.54) is 7.11 Å². The van der Waals surface area contributed by atoms with Gasteiger partial charge in [-0.25, -0.2) is 4.79 Å². The molecule has 4 unspecified atom stereocenters. The molecule has 2 aromatic rings. The molecule has 5 nitrogen and oxygen atoms in total. The van der Waals surface area contributed by atoms with Crippen LogP contribution in [0.25, 0.3) is 0 Å². The monoisotopic (exact) mass is 396 g/mol. The number of hydrogen-bond donors (Lipinski definition) is 0. The van der Waals surface area contributed by atoms with Crippen LogP contribution in [0.2, 0.25) is 0 Å². The highest BCUT2D eigenvalue weighted by Gasteiger charge is 2.45. The number of benzene rings is 2. The molecule has 154 valence electrons. The predicted octanol–water partition coefficient (Wildman–Crippen LogP) is 5.11. The first-order valence-corrected chi connectivity index (χ1v) is 10.2. The van der Waals surface area contributed by atoms with E-state index in [1.54, 1.807) is 13.2 Å². The lowest BCUT2D eigenvalue weighted by Gasteiger charge is -2.36. The van der Waals surface area contributed by atoms with Crippen LogP contribution >= 0.6 is 0 Å². The van der Waals surface area contributed by atoms with Gasteiger partial charge in [-0.15, -0.1) is 0 Å². The number of ether oxygens (including phenoxy) is 4. The first-order valence-electron chi connectivity index (χ1n) is 10.2. The maximum absolute atomic E-state index is 12.0. The molecule has 0 saturated heterocycles. The number of methoxy groups -OCH3 is 2. The largest absolute Gasteiger partial charge is 0.485 e. The van der Waals surface area contributed by atoms with Crippen molar-refractivity contribution in [2.75, 3.05) is 21.0 Å². The van der Waals surface area contributed by atoms with E-state index in [9.17, 15) is 4.79 Å². The van der Waals surface area contributed by atoms with Gasteiger partial charge in [-0.05, 0) is 66.1 Å². The smallest absolute Gasteiger partial charge is 0.337 e. The summed E-state index contributed by atoms with van der Waals surface area (Å²) in [6.07, 6.45) is 3.43. The maximum Gasteiger partial charge on any atom is 0.337 e. The molecular weight excluding hydrogens is 368 g/mol. The van der Waals surface area contributed by atoms with E-state index >= 15 is 0 Å². The standard InChI is InChI=1S/C24H28O5/c1-4-15-11-19-20-13-17(24(25)27-3)7-10-22(20)29-23(21(19)12-15)16-5-8-18(9-6-16)28-14-26-2/h5-10,13,15,19,21,23H,4,11-12,14H2,1-3H3. The Morgan fingerprint density at radius 3 is 2.59 bits per heavy atom. The van der Waals surface area contributed by atoms with E-state index in [1.807, 2.05) is 24.3 Å². The molecule has 4 atom stereocenters. The van der Waals surface area contributed by atoms with Crippen molar-refractivity contribution >= 4 is 5.97 Å². The van der Waals surface area contributed by atoms with Crippen LogP contribution in [0.4, 0.5) is 0 Å². The Bertz CT molecular complexity index is 860. The van der Waals surface area contributed by atoms with E-state index in [0.717, 1.165) is 41.9 Å². The number of carbonyl (C=O) groups is 1. The van der Waals surface area contributed by atoms with Crippen LogP contribution in [0.1, 0.15) is 59.7 Å². The number of carbonyl (C=O) groups excluding carboxylic acids is 1. The molecular formula is C24H28O5. The number of fused-ring (bicyclic) bond motifs is 3. The highest BCUT2D eigenvalue weighted by atomic mass is 16.7. The van der Waals surface area contributed by atoms with E-state index in [2.05, 4.69) is 19.1 Å². The SMILES string of the molecule is CCC1CC2c3cc(C(=O)OC)ccc3OC(c3ccc(OCOC)cc3)C2C1. The molecule has 0 spiro atoms. The Morgan fingerprint density at radius 1 is 1.10 bits per heavy atom. The summed E-state index contributed by atoms with van der Waals surface area (Å²) in [5.41, 5.74) is 2.89. The van der Waals surface area contributed by atoms with Gasteiger partial charge in [0.1, 0.15) is 17.6 Å². The third-order valence-electron chi connectivity index (χ3n) is 6.31. The van der Waals surface area contributed by atoms with Gasteiger partial charge in [0.2, 0.25) is 0 Å². The molecule has 0 aromatic heterocycles. The molecule has 1 aliphatic heterocycles. The van der Waals surface area contributed by atoms with Crippen molar-refractivity contribution < 1.29 is 23.7 Å². The second-order valence-electron chi connectivity index (χ2n) is 7.92. The molecule has 5 heteroatoms. The molecule has 0 bridgehead atoms. The Morgan fingerprint density at radius 2 is 1.90 bits per heavy atom. The minimum atomic E-state index is -0.303. The fraction of sp³-hybridized carbons (Fsp3) is 0.458. The zero-order valence-electron chi connectivity index (χ0n) is 17.2. The second kappa shape index (κ2) is 8.46. The van der Waals surface area contributed by atoms with Crippen molar-refractivity contribution in [2.24, 2.45) is 11.8 Å². The summed E-state index contributed by atoms with van der Waals surface area (Å²) in [5.74, 6) is 2.81. The molecule has 2 aliphatic rings. The van der Waals surface area contributed by atoms with E-state index in [4.69, 9.17) is 18.9 Å². The average Bonchev–Trinajstić information content (AvgIpc) is 3.21. The molecule has 0 amide bonds. The molecule has 0 N–H and O–H groups in total. The first kappa shape index (κ1) is 19.8. The van der Waals surface area contributed by atoms with Crippen LogP contribution in [0.5, 0.6) is 11.5 Å². The van der Waals surface area contributed by atoms with Crippen LogP contribution in [0.15, 0.2) is 42.5 Å². The molecule has 29 heavy (non-hydrogen) atoms. The third kappa shape index (κ3) is 3.84. The zero-order valence-corrected chi connectivity index (χ0v) is 17.2. The van der Waals surface area contributed by atoms with Gasteiger partial charge in [0.05, 0.1) is 12.7 Å². The number of esters is 1. The molecule has 2 aromatic carbocycles. The third-order valence-corrected chi connectivity index (χ3v) is 6.31. The van der Waals surface area contributed by atoms with Crippen LogP contribution < -0.4 is 9.47 Å². The Hall–Kier alpha value is -2.53. The van der Waals surface area contributed by atoms with Crippen molar-refractivity contribution in [3.05, 3.63) is 59.2 Å². The molecule has 1 aliphatic carbocycles. The van der Waals surface area contributed by atoms with Crippen LogP contribution in [-0.2, 0) is 9.47 Å². The minimum Gasteiger partial charge on any atom is -0.485 e. The van der Waals surface area contributed by atoms with E-state index in [0.29, 0.717) is 23.3 Å². The van der Waals surface area contributed by atoms with Gasteiger partial charge in [0, 0.05) is 13.0 Å². The molecule has 1 heterocycles. The van der Waals surface area contributed by atoms with Gasteiger partial charge in [-0.3, -0.25) is 0 Å². The van der Waals surface area contributed by atoms with Crippen molar-refractivity contribution in [2.45, 2.75) is 38.2 Å². The summed E-state index contributed by atoms with van der Waals surface area (Å²) in [4.78, 5) is 12.0. The predicted molar refractivity (Wildman–Crippen MR) is 109 cm³/mol. The van der Waals surface area contributed by atoms with Crippen molar-refractivity contribution in [3.8, 4) is 11.5 Å². The normalized spacial score (nSPS) is 24.9. The lowest BCUT2D eigenvalue weighted by molar-refractivity contribution is 0.0510. The topological polar surface area (TPSA) is 54.0 Å². The fourth-order valence-corrected chi connectivity index (χ4v) is 4.82. The lowest BCUT2D eigenvalue weighted by Crippen LogP contribution is -2.27. The summed E-state index contributed by atoms with van der Waals surface area (Å²) in [7, 11) is 3.03. The average molecular weight is 396 g/mol. The minimum absolute atomic E-state index is 0.00417. The summed E-state index contributed by atoms with van der Waals surface area (Å²) in [6, 6.07) is 13.8. The summed E-state index contributed by atoms with van der Waals surface area (Å²) >= 11 is 0. The van der Waals surface area contributed by atoms with Gasteiger partial charge in [0.25, 0.3) is 0 Å². The van der Waals surface area contributed by atoms with Crippen LogP contribution in [0, 0.1) is 11.8 Å². The van der Waals surface area contributed by atoms with E-state index < -0.39 is 0 Å². The van der Waals surface area contributed by atoms with Crippen molar-refractivity contribution in [1.29, 1.82) is 0 Å². The summed E-state index contributed by atoms with van der Waals surface area (Å²) < 4.78 is 21.9. The van der Waals surface area contributed by atoms with Crippen LogP contribution in [0.3, 0.4) is 0 Å². The summed E-state index contributed by atoms with van der Waals surface area (Å²) in [5, 5.41) is 0. The van der Waals surface area contributed by atoms with Gasteiger partial charge >= 0.3 is 5.97 Å². The van der Waals surface area contributed by atoms with Crippen molar-refractivity contribution in [1.82, 2.24) is 0 Å². The van der Waals surface area contributed by atoms with Gasteiger partial charge in [-0.1, -0.05) is 25.5 Å². The zero-order chi connectivity index (χ0) is 20.4. The first-order chi connectivity index (χ1) is 14.1. The molecule has 1 saturated carbocycles. The van der Waals surface area contributed by atoms with Crippen molar-refractivity contribution in [3.63, 3.8) is 0 Å². The lowest BCUT2D eigenvalue weighted by atomic mass is 9.79. The number of rotatable bonds is 6. The highest BCUT2D eigenvalue weighted by molar-refractivity contribution is 5.89. The number of hydrogen-bond acceptors (Lipinski definition) is 5. The van der Waals surface area contributed by atoms with Gasteiger partial charge in [-0.2, -0.15) is 0 Å². The van der Waals surface area contributed by atoms with Crippen LogP contribution in [-0.4, -0.2) is 27.0 Å². The molecule has 4 rings (SSSR count). The molecule has 0 radical (unpaired) electrons. The highest BCUT2D eigenvalue weighted by Crippen LogP contribution is 2.56. The van der Waals surface area contributed by atoms with Gasteiger partial charge < -0.3 is 18.9 Å². The fourth-order valence-electron chi connectivity index (χ4n) is 4.82. The Labute approximate surface area is 171 Å². The Kier molecular flexibility index (Phi) is 5.76. The second-order valence-corrected chi connectivity index (χ2v) is 7.92. The summed E-state index contributed by atoms with van der Waals surface area (Å²) in [6.45, 7) is 2.49.